The third-order valence-corrected chi connectivity index (χ3v) is 3.09. The van der Waals surface area contributed by atoms with Gasteiger partial charge in [0.2, 0.25) is 5.91 Å². The van der Waals surface area contributed by atoms with Crippen LogP contribution in [0, 0.1) is 0 Å². The van der Waals surface area contributed by atoms with Gasteiger partial charge in [-0.15, -0.1) is 0 Å². The molecule has 0 aromatic carbocycles. The number of rotatable bonds is 6. The molecule has 0 aliphatic carbocycles. The van der Waals surface area contributed by atoms with Gasteiger partial charge >= 0.3 is 0 Å². The molecule has 0 saturated heterocycles. The molecule has 6 nitrogen and oxygen atoms in total. The summed E-state index contributed by atoms with van der Waals surface area (Å²) in [5.74, 6) is -0.270. The summed E-state index contributed by atoms with van der Waals surface area (Å²) in [5, 5.41) is 5.46. The Kier molecular flexibility index (Phi) is 4.92. The molecule has 2 aromatic heterocycles. The quantitative estimate of drug-likeness (QED) is 0.783. The Bertz CT molecular complexity index is 648. The minimum atomic E-state index is -0.164. The van der Waals surface area contributed by atoms with Gasteiger partial charge in [-0.05, 0) is 18.6 Å². The maximum Gasteiger partial charge on any atom is 0.270 e. The second-order valence-corrected chi connectivity index (χ2v) is 4.82. The molecule has 112 valence electrons. The Morgan fingerprint density at radius 2 is 2.00 bits per heavy atom. The van der Waals surface area contributed by atoms with Crippen LogP contribution in [-0.4, -0.2) is 34.3 Å². The number of amides is 2. The van der Waals surface area contributed by atoms with Crippen LogP contribution in [0.1, 0.15) is 36.5 Å². The van der Waals surface area contributed by atoms with Crippen molar-refractivity contribution in [1.29, 1.82) is 0 Å². The van der Waals surface area contributed by atoms with Crippen molar-refractivity contribution >= 4 is 17.5 Å². The van der Waals surface area contributed by atoms with Gasteiger partial charge in [-0.2, -0.15) is 0 Å². The van der Waals surface area contributed by atoms with Gasteiger partial charge in [0.1, 0.15) is 11.3 Å². The predicted molar refractivity (Wildman–Crippen MR) is 80.2 cm³/mol. The predicted octanol–water partition coefficient (Wildman–Crippen LogP) is 1.15. The normalized spacial score (nSPS) is 10.6. The number of hydrogen-bond acceptors (Lipinski definition) is 3. The standard InChI is InChI=1S/C15H20N4O2/c1-3-6-12-14(15(21)17-9-8-16-11(2)20)19-10-5-4-7-13(19)18-12/h4-5,7,10H,3,6,8-9H2,1-2H3,(H,16,20)(H,17,21). The molecule has 0 fully saturated rings. The summed E-state index contributed by atoms with van der Waals surface area (Å²) in [6.07, 6.45) is 3.52. The fraction of sp³-hybridized carbons (Fsp3) is 0.400. The average Bonchev–Trinajstić information content (AvgIpc) is 2.81. The zero-order valence-electron chi connectivity index (χ0n) is 12.3. The molecule has 0 radical (unpaired) electrons. The van der Waals surface area contributed by atoms with E-state index in [1.165, 1.54) is 6.92 Å². The Hall–Kier alpha value is -2.37. The van der Waals surface area contributed by atoms with E-state index in [1.807, 2.05) is 24.4 Å². The molecule has 2 aromatic rings. The topological polar surface area (TPSA) is 75.5 Å². The van der Waals surface area contributed by atoms with E-state index in [9.17, 15) is 9.59 Å². The molecule has 0 aliphatic heterocycles. The van der Waals surface area contributed by atoms with Gasteiger partial charge in [0.05, 0.1) is 5.69 Å². The van der Waals surface area contributed by atoms with Crippen LogP contribution >= 0.6 is 0 Å². The van der Waals surface area contributed by atoms with Crippen molar-refractivity contribution < 1.29 is 9.59 Å². The van der Waals surface area contributed by atoms with Crippen LogP contribution in [-0.2, 0) is 11.2 Å². The molecule has 2 amide bonds. The molecule has 0 aliphatic rings. The van der Waals surface area contributed by atoms with Crippen LogP contribution in [0.15, 0.2) is 24.4 Å². The molecule has 0 spiro atoms. The summed E-state index contributed by atoms with van der Waals surface area (Å²) in [6, 6.07) is 5.66. The maximum absolute atomic E-state index is 12.4. The molecule has 6 heteroatoms. The van der Waals surface area contributed by atoms with Crippen LogP contribution in [0.4, 0.5) is 0 Å². The van der Waals surface area contributed by atoms with Crippen LogP contribution in [0.5, 0.6) is 0 Å². The van der Waals surface area contributed by atoms with Crippen LogP contribution in [0.2, 0.25) is 0 Å². The molecule has 0 saturated carbocycles. The summed E-state index contributed by atoms with van der Waals surface area (Å²) in [4.78, 5) is 27.7. The smallest absolute Gasteiger partial charge is 0.270 e. The summed E-state index contributed by atoms with van der Waals surface area (Å²) in [7, 11) is 0. The Morgan fingerprint density at radius 1 is 1.24 bits per heavy atom. The fourth-order valence-electron chi connectivity index (χ4n) is 2.19. The minimum Gasteiger partial charge on any atom is -0.355 e. The van der Waals surface area contributed by atoms with Crippen LogP contribution in [0.3, 0.4) is 0 Å². The van der Waals surface area contributed by atoms with Gasteiger partial charge in [-0.3, -0.25) is 14.0 Å². The Labute approximate surface area is 123 Å². The highest BCUT2D eigenvalue weighted by Crippen LogP contribution is 2.14. The van der Waals surface area contributed by atoms with E-state index in [2.05, 4.69) is 22.5 Å². The third kappa shape index (κ3) is 3.59. The number of nitrogens with one attached hydrogen (secondary N) is 2. The van der Waals surface area contributed by atoms with Crippen molar-refractivity contribution in [3.05, 3.63) is 35.8 Å². The van der Waals surface area contributed by atoms with E-state index < -0.39 is 0 Å². The molecule has 0 unspecified atom stereocenters. The van der Waals surface area contributed by atoms with E-state index in [4.69, 9.17) is 0 Å². The molecule has 2 N–H and O–H groups in total. The number of carbonyl (C=O) groups excluding carboxylic acids is 2. The third-order valence-electron chi connectivity index (χ3n) is 3.09. The van der Waals surface area contributed by atoms with Crippen molar-refractivity contribution in [3.8, 4) is 0 Å². The highest BCUT2D eigenvalue weighted by molar-refractivity contribution is 5.94. The van der Waals surface area contributed by atoms with Crippen LogP contribution < -0.4 is 10.6 Å². The average molecular weight is 288 g/mol. The monoisotopic (exact) mass is 288 g/mol. The van der Waals surface area contributed by atoms with E-state index in [0.29, 0.717) is 18.8 Å². The Morgan fingerprint density at radius 3 is 2.71 bits per heavy atom. The Balaban J connectivity index is 2.16. The lowest BCUT2D eigenvalue weighted by Crippen LogP contribution is -2.34. The van der Waals surface area contributed by atoms with Gasteiger partial charge in [-0.1, -0.05) is 19.4 Å². The second kappa shape index (κ2) is 6.88. The summed E-state index contributed by atoms with van der Waals surface area (Å²) >= 11 is 0. The summed E-state index contributed by atoms with van der Waals surface area (Å²) in [5.41, 5.74) is 2.16. The van der Waals surface area contributed by atoms with Crippen molar-refractivity contribution in [3.63, 3.8) is 0 Å². The maximum atomic E-state index is 12.4. The molecule has 21 heavy (non-hydrogen) atoms. The van der Waals surface area contributed by atoms with E-state index >= 15 is 0 Å². The van der Waals surface area contributed by atoms with Gasteiger partial charge in [0, 0.05) is 26.2 Å². The zero-order valence-corrected chi connectivity index (χ0v) is 12.3. The molecular weight excluding hydrogens is 268 g/mol. The lowest BCUT2D eigenvalue weighted by molar-refractivity contribution is -0.118. The summed E-state index contributed by atoms with van der Waals surface area (Å²) in [6.45, 7) is 4.32. The van der Waals surface area contributed by atoms with Crippen molar-refractivity contribution in [1.82, 2.24) is 20.0 Å². The number of fused-ring (bicyclic) bond motifs is 1. The SMILES string of the molecule is CCCc1nc2ccccn2c1C(=O)NCCNC(C)=O. The lowest BCUT2D eigenvalue weighted by Gasteiger charge is -2.07. The van der Waals surface area contributed by atoms with E-state index in [-0.39, 0.29) is 11.8 Å². The lowest BCUT2D eigenvalue weighted by atomic mass is 10.2. The number of hydrogen-bond donors (Lipinski definition) is 2. The van der Waals surface area contributed by atoms with Gasteiger partial charge in [0.25, 0.3) is 5.91 Å². The fourth-order valence-corrected chi connectivity index (χ4v) is 2.19. The molecule has 2 rings (SSSR count). The van der Waals surface area contributed by atoms with Crippen molar-refractivity contribution in [2.24, 2.45) is 0 Å². The van der Waals surface area contributed by atoms with Crippen LogP contribution in [0.25, 0.3) is 5.65 Å². The highest BCUT2D eigenvalue weighted by Gasteiger charge is 2.17. The van der Waals surface area contributed by atoms with E-state index in [1.54, 1.807) is 4.40 Å². The number of imidazole rings is 1. The number of aryl methyl sites for hydroxylation is 1. The molecule has 0 bridgehead atoms. The van der Waals surface area contributed by atoms with Gasteiger partial charge in [0.15, 0.2) is 0 Å². The number of pyridine rings is 1. The first-order valence-corrected chi connectivity index (χ1v) is 7.12. The number of nitrogens with zero attached hydrogens (tertiary/aromatic N) is 2. The molecular formula is C15H20N4O2. The van der Waals surface area contributed by atoms with Gasteiger partial charge < -0.3 is 10.6 Å². The first-order valence-electron chi connectivity index (χ1n) is 7.12. The van der Waals surface area contributed by atoms with Crippen molar-refractivity contribution in [2.45, 2.75) is 26.7 Å². The molecule has 0 atom stereocenters. The number of carbonyl (C=O) groups is 2. The van der Waals surface area contributed by atoms with Crippen molar-refractivity contribution in [2.75, 3.05) is 13.1 Å². The highest BCUT2D eigenvalue weighted by atomic mass is 16.2. The minimum absolute atomic E-state index is 0.106. The largest absolute Gasteiger partial charge is 0.355 e. The second-order valence-electron chi connectivity index (χ2n) is 4.82. The first-order chi connectivity index (χ1) is 10.1. The van der Waals surface area contributed by atoms with Gasteiger partial charge in [-0.25, -0.2) is 4.98 Å². The van der Waals surface area contributed by atoms with E-state index in [0.717, 1.165) is 24.2 Å². The zero-order chi connectivity index (χ0) is 15.2. The number of aromatic nitrogens is 2. The molecule has 2 heterocycles. The first kappa shape index (κ1) is 15.0. The summed E-state index contributed by atoms with van der Waals surface area (Å²) < 4.78 is 1.80.